The van der Waals surface area contributed by atoms with Crippen molar-refractivity contribution in [2.45, 2.75) is 13.8 Å². The third-order valence-corrected chi connectivity index (χ3v) is 2.53. The summed E-state index contributed by atoms with van der Waals surface area (Å²) in [5.41, 5.74) is 2.99. The molecule has 0 radical (unpaired) electrons. The van der Waals surface area contributed by atoms with E-state index in [2.05, 4.69) is 4.98 Å². The second-order valence-corrected chi connectivity index (χ2v) is 3.57. The number of aryl methyl sites for hydroxylation is 2. The van der Waals surface area contributed by atoms with Gasteiger partial charge in [-0.2, -0.15) is 0 Å². The van der Waals surface area contributed by atoms with Crippen molar-refractivity contribution in [3.8, 4) is 0 Å². The summed E-state index contributed by atoms with van der Waals surface area (Å²) in [6.07, 6.45) is 0. The number of pyridine rings is 1. The fourth-order valence-corrected chi connectivity index (χ4v) is 1.58. The van der Waals surface area contributed by atoms with Crippen LogP contribution in [0.3, 0.4) is 0 Å². The lowest BCUT2D eigenvalue weighted by Gasteiger charge is -2.05. The van der Waals surface area contributed by atoms with Crippen LogP contribution in [0.2, 0.25) is 0 Å². The van der Waals surface area contributed by atoms with Gasteiger partial charge in [-0.3, -0.25) is 4.98 Å². The predicted octanol–water partition coefficient (Wildman–Crippen LogP) is 2.55. The Bertz CT molecular complexity index is 547. The summed E-state index contributed by atoms with van der Waals surface area (Å²) < 4.78 is 0. The molecule has 0 amide bonds. The molecule has 2 rings (SSSR count). The van der Waals surface area contributed by atoms with E-state index in [1.165, 1.54) is 0 Å². The summed E-state index contributed by atoms with van der Waals surface area (Å²) in [7, 11) is 0. The highest BCUT2D eigenvalue weighted by molar-refractivity contribution is 6.02. The highest BCUT2D eigenvalue weighted by atomic mass is 16.4. The zero-order valence-electron chi connectivity index (χ0n) is 8.61. The molecular formula is C12H11NO2. The van der Waals surface area contributed by atoms with Gasteiger partial charge in [0.05, 0.1) is 11.1 Å². The van der Waals surface area contributed by atoms with Gasteiger partial charge in [0, 0.05) is 11.1 Å². The number of carboxylic acid groups (broad SMARTS) is 1. The van der Waals surface area contributed by atoms with E-state index in [0.717, 1.165) is 16.8 Å². The Morgan fingerprint density at radius 2 is 2.07 bits per heavy atom. The molecule has 0 saturated heterocycles. The first-order chi connectivity index (χ1) is 7.09. The summed E-state index contributed by atoms with van der Waals surface area (Å²) in [6.45, 7) is 3.85. The summed E-state index contributed by atoms with van der Waals surface area (Å²) in [5.74, 6) is -0.911. The average Bonchev–Trinajstić information content (AvgIpc) is 2.18. The van der Waals surface area contributed by atoms with Crippen LogP contribution in [0.5, 0.6) is 0 Å². The van der Waals surface area contributed by atoms with E-state index in [-0.39, 0.29) is 0 Å². The minimum absolute atomic E-state index is 0.308. The molecule has 0 aliphatic rings. The number of carbonyl (C=O) groups is 1. The van der Waals surface area contributed by atoms with Gasteiger partial charge in [-0.1, -0.05) is 6.07 Å². The van der Waals surface area contributed by atoms with Crippen molar-refractivity contribution >= 4 is 16.9 Å². The van der Waals surface area contributed by atoms with Gasteiger partial charge < -0.3 is 5.11 Å². The van der Waals surface area contributed by atoms with E-state index in [0.29, 0.717) is 10.9 Å². The van der Waals surface area contributed by atoms with Crippen LogP contribution in [0.1, 0.15) is 21.6 Å². The van der Waals surface area contributed by atoms with Crippen LogP contribution in [0.25, 0.3) is 10.9 Å². The molecule has 1 N–H and O–H groups in total. The molecule has 2 aromatic rings. The molecule has 76 valence electrons. The van der Waals surface area contributed by atoms with Crippen LogP contribution in [0.15, 0.2) is 24.3 Å². The van der Waals surface area contributed by atoms with Crippen LogP contribution < -0.4 is 0 Å². The SMILES string of the molecule is Cc1cc2c(C(=O)O)cccc2nc1C. The first-order valence-electron chi connectivity index (χ1n) is 4.70. The fraction of sp³-hybridized carbons (Fsp3) is 0.167. The molecule has 0 fully saturated rings. The van der Waals surface area contributed by atoms with Crippen LogP contribution in [0, 0.1) is 13.8 Å². The van der Waals surface area contributed by atoms with Crippen molar-refractivity contribution in [1.29, 1.82) is 0 Å². The Kier molecular flexibility index (Phi) is 2.15. The lowest BCUT2D eigenvalue weighted by Crippen LogP contribution is -1.99. The highest BCUT2D eigenvalue weighted by Gasteiger charge is 2.09. The number of hydrogen-bond donors (Lipinski definition) is 1. The maximum atomic E-state index is 11.0. The number of hydrogen-bond acceptors (Lipinski definition) is 2. The van der Waals surface area contributed by atoms with Gasteiger partial charge in [0.2, 0.25) is 0 Å². The van der Waals surface area contributed by atoms with Gasteiger partial charge in [0.1, 0.15) is 0 Å². The highest BCUT2D eigenvalue weighted by Crippen LogP contribution is 2.19. The first-order valence-corrected chi connectivity index (χ1v) is 4.70. The molecule has 0 unspecified atom stereocenters. The fourth-order valence-electron chi connectivity index (χ4n) is 1.58. The average molecular weight is 201 g/mol. The van der Waals surface area contributed by atoms with E-state index in [1.807, 2.05) is 26.0 Å². The molecule has 0 aliphatic carbocycles. The van der Waals surface area contributed by atoms with E-state index >= 15 is 0 Å². The number of rotatable bonds is 1. The van der Waals surface area contributed by atoms with Crippen molar-refractivity contribution in [1.82, 2.24) is 4.98 Å². The number of fused-ring (bicyclic) bond motifs is 1. The number of aromatic carboxylic acids is 1. The zero-order chi connectivity index (χ0) is 11.0. The summed E-state index contributed by atoms with van der Waals surface area (Å²) >= 11 is 0. The second kappa shape index (κ2) is 3.35. The molecular weight excluding hydrogens is 190 g/mol. The molecule has 0 atom stereocenters. The summed E-state index contributed by atoms with van der Waals surface area (Å²) in [4.78, 5) is 15.3. The smallest absolute Gasteiger partial charge is 0.336 e. The van der Waals surface area contributed by atoms with Crippen molar-refractivity contribution in [3.63, 3.8) is 0 Å². The molecule has 1 aromatic heterocycles. The molecule has 0 spiro atoms. The Morgan fingerprint density at radius 1 is 1.33 bits per heavy atom. The van der Waals surface area contributed by atoms with Gasteiger partial charge in [0.15, 0.2) is 0 Å². The summed E-state index contributed by atoms with van der Waals surface area (Å²) in [6, 6.07) is 7.02. The molecule has 0 saturated carbocycles. The maximum Gasteiger partial charge on any atom is 0.336 e. The van der Waals surface area contributed by atoms with Gasteiger partial charge in [-0.25, -0.2) is 4.79 Å². The second-order valence-electron chi connectivity index (χ2n) is 3.57. The van der Waals surface area contributed by atoms with Crippen molar-refractivity contribution in [2.24, 2.45) is 0 Å². The van der Waals surface area contributed by atoms with Crippen molar-refractivity contribution in [2.75, 3.05) is 0 Å². The number of benzene rings is 1. The van der Waals surface area contributed by atoms with Gasteiger partial charge in [-0.15, -0.1) is 0 Å². The van der Waals surface area contributed by atoms with Crippen LogP contribution in [0.4, 0.5) is 0 Å². The number of nitrogens with zero attached hydrogens (tertiary/aromatic N) is 1. The van der Waals surface area contributed by atoms with Gasteiger partial charge >= 0.3 is 5.97 Å². The molecule has 15 heavy (non-hydrogen) atoms. The Balaban J connectivity index is 2.86. The van der Waals surface area contributed by atoms with Crippen LogP contribution in [-0.4, -0.2) is 16.1 Å². The first kappa shape index (κ1) is 9.65. The predicted molar refractivity (Wildman–Crippen MR) is 58.2 cm³/mol. The number of carboxylic acids is 1. The third kappa shape index (κ3) is 1.56. The standard InChI is InChI=1S/C12H11NO2/c1-7-6-10-9(12(14)15)4-3-5-11(10)13-8(7)2/h3-6H,1-2H3,(H,14,15). The molecule has 0 bridgehead atoms. The molecule has 1 aromatic carbocycles. The van der Waals surface area contributed by atoms with Crippen LogP contribution >= 0.6 is 0 Å². The largest absolute Gasteiger partial charge is 0.478 e. The Morgan fingerprint density at radius 3 is 2.73 bits per heavy atom. The Hall–Kier alpha value is -1.90. The monoisotopic (exact) mass is 201 g/mol. The summed E-state index contributed by atoms with van der Waals surface area (Å²) in [5, 5.41) is 9.72. The lowest BCUT2D eigenvalue weighted by atomic mass is 10.1. The van der Waals surface area contributed by atoms with Gasteiger partial charge in [0.25, 0.3) is 0 Å². The van der Waals surface area contributed by atoms with E-state index in [4.69, 9.17) is 5.11 Å². The topological polar surface area (TPSA) is 50.2 Å². The molecule has 3 nitrogen and oxygen atoms in total. The quantitative estimate of drug-likeness (QED) is 0.771. The van der Waals surface area contributed by atoms with Crippen molar-refractivity contribution in [3.05, 3.63) is 41.1 Å². The van der Waals surface area contributed by atoms with Gasteiger partial charge in [-0.05, 0) is 37.6 Å². The van der Waals surface area contributed by atoms with E-state index in [9.17, 15) is 4.79 Å². The van der Waals surface area contributed by atoms with Crippen molar-refractivity contribution < 1.29 is 9.90 Å². The zero-order valence-corrected chi connectivity index (χ0v) is 8.61. The molecule has 3 heteroatoms. The minimum Gasteiger partial charge on any atom is -0.478 e. The van der Waals surface area contributed by atoms with E-state index in [1.54, 1.807) is 12.1 Å². The van der Waals surface area contributed by atoms with Crippen LogP contribution in [-0.2, 0) is 0 Å². The number of aromatic nitrogens is 1. The maximum absolute atomic E-state index is 11.0. The minimum atomic E-state index is -0.911. The molecule has 0 aliphatic heterocycles. The lowest BCUT2D eigenvalue weighted by molar-refractivity contribution is 0.0699. The molecule has 1 heterocycles. The Labute approximate surface area is 87.4 Å². The normalized spacial score (nSPS) is 10.5. The van der Waals surface area contributed by atoms with E-state index < -0.39 is 5.97 Å². The third-order valence-electron chi connectivity index (χ3n) is 2.53.